The zero-order valence-electron chi connectivity index (χ0n) is 13.6. The van der Waals surface area contributed by atoms with Gasteiger partial charge in [0.1, 0.15) is 5.75 Å². The second-order valence-electron chi connectivity index (χ2n) is 5.61. The van der Waals surface area contributed by atoms with Crippen LogP contribution in [0, 0.1) is 6.92 Å². The summed E-state index contributed by atoms with van der Waals surface area (Å²) in [7, 11) is 0. The molecule has 1 N–H and O–H groups in total. The van der Waals surface area contributed by atoms with Gasteiger partial charge in [-0.25, -0.2) is 0 Å². The maximum Gasteiger partial charge on any atom is 0.387 e. The van der Waals surface area contributed by atoms with E-state index in [1.54, 1.807) is 12.1 Å². The van der Waals surface area contributed by atoms with E-state index in [1.807, 2.05) is 25.1 Å². The van der Waals surface area contributed by atoms with E-state index in [0.717, 1.165) is 11.1 Å². The fourth-order valence-electron chi connectivity index (χ4n) is 2.40. The summed E-state index contributed by atoms with van der Waals surface area (Å²) < 4.78 is 28.4. The molecule has 0 bridgehead atoms. The minimum absolute atomic E-state index is 0.00848. The summed E-state index contributed by atoms with van der Waals surface area (Å²) in [5.74, 6) is 0.144. The van der Waals surface area contributed by atoms with E-state index < -0.39 is 6.61 Å². The summed E-state index contributed by atoms with van der Waals surface area (Å²) in [5, 5.41) is 2.87. The van der Waals surface area contributed by atoms with Crippen molar-refractivity contribution >= 4 is 5.91 Å². The number of hydrogen-bond acceptors (Lipinski definition) is 2. The highest BCUT2D eigenvalue weighted by Gasteiger charge is 2.05. The molecule has 5 heteroatoms. The summed E-state index contributed by atoms with van der Waals surface area (Å²) in [4.78, 5) is 11.9. The van der Waals surface area contributed by atoms with E-state index in [-0.39, 0.29) is 11.7 Å². The number of aryl methyl sites for hydroxylation is 2. The normalized spacial score (nSPS) is 10.7. The minimum Gasteiger partial charge on any atom is -0.435 e. The number of carbonyl (C=O) groups excluding carboxylic acids is 1. The maximum atomic E-state index is 12.1. The van der Waals surface area contributed by atoms with Gasteiger partial charge in [0.05, 0.1) is 0 Å². The van der Waals surface area contributed by atoms with Gasteiger partial charge in [-0.2, -0.15) is 8.78 Å². The predicted octanol–water partition coefficient (Wildman–Crippen LogP) is 3.89. The molecule has 0 spiro atoms. The Morgan fingerprint density at radius 1 is 1.08 bits per heavy atom. The first-order valence-corrected chi connectivity index (χ1v) is 7.89. The Kier molecular flexibility index (Phi) is 6.73. The molecule has 128 valence electrons. The van der Waals surface area contributed by atoms with Gasteiger partial charge in [-0.1, -0.05) is 42.0 Å². The minimum atomic E-state index is -2.82. The van der Waals surface area contributed by atoms with Crippen molar-refractivity contribution in [2.45, 2.75) is 32.8 Å². The van der Waals surface area contributed by atoms with Crippen LogP contribution in [0.1, 0.15) is 23.1 Å². The molecule has 0 fully saturated rings. The highest BCUT2D eigenvalue weighted by Crippen LogP contribution is 2.15. The van der Waals surface area contributed by atoms with E-state index in [2.05, 4.69) is 16.1 Å². The van der Waals surface area contributed by atoms with Crippen LogP contribution in [0.4, 0.5) is 8.78 Å². The molecule has 24 heavy (non-hydrogen) atoms. The zero-order valence-corrected chi connectivity index (χ0v) is 13.6. The quantitative estimate of drug-likeness (QED) is 0.796. The van der Waals surface area contributed by atoms with Crippen LogP contribution in [-0.2, 0) is 17.6 Å². The second kappa shape index (κ2) is 9.01. The van der Waals surface area contributed by atoms with Crippen LogP contribution in [0.3, 0.4) is 0 Å². The summed E-state index contributed by atoms with van der Waals surface area (Å²) in [6.45, 7) is -0.272. The number of carbonyl (C=O) groups is 1. The number of amides is 1. The van der Waals surface area contributed by atoms with Crippen molar-refractivity contribution < 1.29 is 18.3 Å². The van der Waals surface area contributed by atoms with Gasteiger partial charge >= 0.3 is 6.61 Å². The highest BCUT2D eigenvalue weighted by atomic mass is 19.3. The Hall–Kier alpha value is -2.43. The van der Waals surface area contributed by atoms with Crippen LogP contribution < -0.4 is 10.1 Å². The van der Waals surface area contributed by atoms with Crippen LogP contribution >= 0.6 is 0 Å². The molecular formula is C19H21F2NO2. The van der Waals surface area contributed by atoms with Gasteiger partial charge in [0.15, 0.2) is 0 Å². The molecule has 0 atom stereocenters. The lowest BCUT2D eigenvalue weighted by Crippen LogP contribution is -2.25. The molecule has 0 unspecified atom stereocenters. The van der Waals surface area contributed by atoms with E-state index >= 15 is 0 Å². The molecule has 3 nitrogen and oxygen atoms in total. The second-order valence-corrected chi connectivity index (χ2v) is 5.61. The average Bonchev–Trinajstić information content (AvgIpc) is 2.54. The first-order chi connectivity index (χ1) is 11.5. The van der Waals surface area contributed by atoms with Gasteiger partial charge in [-0.3, -0.25) is 4.79 Å². The van der Waals surface area contributed by atoms with Crippen molar-refractivity contribution in [3.8, 4) is 5.75 Å². The van der Waals surface area contributed by atoms with Crippen LogP contribution in [0.5, 0.6) is 5.75 Å². The van der Waals surface area contributed by atoms with Crippen LogP contribution in [0.15, 0.2) is 48.5 Å². The van der Waals surface area contributed by atoms with Crippen molar-refractivity contribution in [2.24, 2.45) is 0 Å². The van der Waals surface area contributed by atoms with Crippen molar-refractivity contribution in [1.82, 2.24) is 5.32 Å². The number of alkyl halides is 2. The molecule has 1 amide bonds. The first kappa shape index (κ1) is 17.9. The third-order valence-electron chi connectivity index (χ3n) is 3.61. The lowest BCUT2D eigenvalue weighted by Gasteiger charge is -2.07. The van der Waals surface area contributed by atoms with Crippen molar-refractivity contribution in [3.05, 3.63) is 65.2 Å². The highest BCUT2D eigenvalue weighted by molar-refractivity contribution is 5.76. The number of ether oxygens (including phenoxy) is 1. The molecular weight excluding hydrogens is 312 g/mol. The Morgan fingerprint density at radius 2 is 1.83 bits per heavy atom. The van der Waals surface area contributed by atoms with Gasteiger partial charge in [0.25, 0.3) is 0 Å². The molecule has 0 aliphatic heterocycles. The van der Waals surface area contributed by atoms with E-state index in [4.69, 9.17) is 0 Å². The summed E-state index contributed by atoms with van der Waals surface area (Å²) >= 11 is 0. The third kappa shape index (κ3) is 6.36. The van der Waals surface area contributed by atoms with E-state index in [0.29, 0.717) is 25.8 Å². The topological polar surface area (TPSA) is 38.3 Å². The molecule has 0 aliphatic carbocycles. The summed E-state index contributed by atoms with van der Waals surface area (Å²) in [6.07, 6.45) is 1.81. The van der Waals surface area contributed by atoms with Crippen molar-refractivity contribution in [3.63, 3.8) is 0 Å². The van der Waals surface area contributed by atoms with Gasteiger partial charge in [-0.15, -0.1) is 0 Å². The number of benzene rings is 2. The lowest BCUT2D eigenvalue weighted by molar-refractivity contribution is -0.121. The first-order valence-electron chi connectivity index (χ1n) is 7.89. The van der Waals surface area contributed by atoms with E-state index in [1.165, 1.54) is 17.7 Å². The standard InChI is InChI=1S/C19H21F2NO2/c1-14-3-2-4-16(13-14)7-10-18(23)22-12-11-15-5-8-17(9-6-15)24-19(20)21/h2-6,8-9,13,19H,7,10-12H2,1H3,(H,22,23). The third-order valence-corrected chi connectivity index (χ3v) is 3.61. The average molecular weight is 333 g/mol. The fraction of sp³-hybridized carbons (Fsp3) is 0.316. The number of halogens is 2. The molecule has 0 radical (unpaired) electrons. The largest absolute Gasteiger partial charge is 0.435 e. The molecule has 2 aromatic rings. The maximum absolute atomic E-state index is 12.1. The van der Waals surface area contributed by atoms with Crippen LogP contribution in [-0.4, -0.2) is 19.1 Å². The molecule has 0 aromatic heterocycles. The predicted molar refractivity (Wildman–Crippen MR) is 89.3 cm³/mol. The zero-order chi connectivity index (χ0) is 17.4. The van der Waals surface area contributed by atoms with Crippen molar-refractivity contribution in [2.75, 3.05) is 6.54 Å². The van der Waals surface area contributed by atoms with Crippen LogP contribution in [0.2, 0.25) is 0 Å². The lowest BCUT2D eigenvalue weighted by atomic mass is 10.1. The molecule has 0 heterocycles. The smallest absolute Gasteiger partial charge is 0.387 e. The monoisotopic (exact) mass is 333 g/mol. The van der Waals surface area contributed by atoms with Crippen molar-refractivity contribution in [1.29, 1.82) is 0 Å². The molecule has 0 saturated heterocycles. The number of hydrogen-bond donors (Lipinski definition) is 1. The molecule has 0 aliphatic rings. The van der Waals surface area contributed by atoms with Gasteiger partial charge in [-0.05, 0) is 43.0 Å². The molecule has 0 saturated carbocycles. The molecule has 2 aromatic carbocycles. The SMILES string of the molecule is Cc1cccc(CCC(=O)NCCc2ccc(OC(F)F)cc2)c1. The van der Waals surface area contributed by atoms with Gasteiger partial charge < -0.3 is 10.1 Å². The summed E-state index contributed by atoms with van der Waals surface area (Å²) in [5.41, 5.74) is 3.29. The fourth-order valence-corrected chi connectivity index (χ4v) is 2.40. The van der Waals surface area contributed by atoms with Gasteiger partial charge in [0.2, 0.25) is 5.91 Å². The Bertz CT molecular complexity index is 657. The number of nitrogens with one attached hydrogen (secondary N) is 1. The Balaban J connectivity index is 1.68. The Labute approximate surface area is 140 Å². The Morgan fingerprint density at radius 3 is 2.50 bits per heavy atom. The summed E-state index contributed by atoms with van der Waals surface area (Å²) in [6, 6.07) is 14.6. The van der Waals surface area contributed by atoms with E-state index in [9.17, 15) is 13.6 Å². The van der Waals surface area contributed by atoms with Gasteiger partial charge in [0, 0.05) is 13.0 Å². The number of rotatable bonds is 8. The molecule has 2 rings (SSSR count). The van der Waals surface area contributed by atoms with Crippen LogP contribution in [0.25, 0.3) is 0 Å².